The Kier molecular flexibility index (Phi) is 4.78. The summed E-state index contributed by atoms with van der Waals surface area (Å²) in [5.41, 5.74) is -0.245. The van der Waals surface area contributed by atoms with Crippen molar-refractivity contribution >= 4 is 17.4 Å². The number of aryl methyl sites for hydroxylation is 1. The summed E-state index contributed by atoms with van der Waals surface area (Å²) < 4.78 is 27.9. The molecule has 1 N–H and O–H groups in total. The van der Waals surface area contributed by atoms with Crippen LogP contribution in [0.5, 0.6) is 0 Å². The van der Waals surface area contributed by atoms with Crippen LogP contribution in [0.25, 0.3) is 0 Å². The third-order valence-corrected chi connectivity index (χ3v) is 4.25. The van der Waals surface area contributed by atoms with Crippen molar-refractivity contribution < 1.29 is 13.6 Å². The lowest BCUT2D eigenvalue weighted by molar-refractivity contribution is -0.120. The molecule has 0 bridgehead atoms. The molecule has 25 heavy (non-hydrogen) atoms. The van der Waals surface area contributed by atoms with Crippen molar-refractivity contribution in [2.45, 2.75) is 12.8 Å². The molecule has 0 aliphatic carbocycles. The highest BCUT2D eigenvalue weighted by Gasteiger charge is 2.27. The van der Waals surface area contributed by atoms with E-state index in [2.05, 4.69) is 10.4 Å². The summed E-state index contributed by atoms with van der Waals surface area (Å²) in [5, 5.41) is 6.71. The first-order valence-electron chi connectivity index (χ1n) is 7.99. The molecule has 1 fully saturated rings. The molecule has 1 aromatic heterocycles. The molecule has 1 aliphatic rings. The van der Waals surface area contributed by atoms with Crippen LogP contribution in [0.15, 0.2) is 35.1 Å². The smallest absolute Gasteiger partial charge is 0.266 e. The van der Waals surface area contributed by atoms with E-state index in [0.717, 1.165) is 25.1 Å². The van der Waals surface area contributed by atoms with E-state index >= 15 is 0 Å². The molecule has 1 aliphatic heterocycles. The van der Waals surface area contributed by atoms with Crippen molar-refractivity contribution in [2.75, 3.05) is 23.3 Å². The Bertz CT molecular complexity index is 853. The Morgan fingerprint density at radius 1 is 1.28 bits per heavy atom. The van der Waals surface area contributed by atoms with Crippen LogP contribution in [-0.4, -0.2) is 28.8 Å². The number of amides is 1. The average Bonchev–Trinajstić information content (AvgIpc) is 2.60. The Morgan fingerprint density at radius 2 is 2.08 bits per heavy atom. The number of benzene rings is 1. The number of nitrogens with one attached hydrogen (secondary N) is 1. The molecule has 3 rings (SSSR count). The average molecular weight is 348 g/mol. The predicted molar refractivity (Wildman–Crippen MR) is 89.4 cm³/mol. The Morgan fingerprint density at radius 3 is 2.80 bits per heavy atom. The van der Waals surface area contributed by atoms with Gasteiger partial charge in [0, 0.05) is 32.3 Å². The number of carbonyl (C=O) groups is 1. The molecular weight excluding hydrogens is 330 g/mol. The van der Waals surface area contributed by atoms with Crippen molar-refractivity contribution in [1.82, 2.24) is 9.78 Å². The van der Waals surface area contributed by atoms with Gasteiger partial charge in [0.15, 0.2) is 0 Å². The van der Waals surface area contributed by atoms with Crippen molar-refractivity contribution in [3.05, 3.63) is 52.3 Å². The van der Waals surface area contributed by atoms with E-state index in [9.17, 15) is 18.4 Å². The van der Waals surface area contributed by atoms with Crippen LogP contribution in [0.3, 0.4) is 0 Å². The fraction of sp³-hybridized carbons (Fsp3) is 0.353. The highest BCUT2D eigenvalue weighted by atomic mass is 19.1. The highest BCUT2D eigenvalue weighted by Crippen LogP contribution is 2.23. The molecule has 1 saturated heterocycles. The largest absolute Gasteiger partial charge is 0.354 e. The summed E-state index contributed by atoms with van der Waals surface area (Å²) in [7, 11) is 1.57. The topological polar surface area (TPSA) is 67.2 Å². The van der Waals surface area contributed by atoms with E-state index in [-0.39, 0.29) is 23.1 Å². The number of carbonyl (C=O) groups excluding carboxylic acids is 1. The third kappa shape index (κ3) is 3.84. The van der Waals surface area contributed by atoms with Crippen LogP contribution in [-0.2, 0) is 11.8 Å². The number of rotatable bonds is 3. The van der Waals surface area contributed by atoms with E-state index in [1.165, 1.54) is 16.8 Å². The highest BCUT2D eigenvalue weighted by molar-refractivity contribution is 5.93. The number of hydrogen-bond donors (Lipinski definition) is 1. The summed E-state index contributed by atoms with van der Waals surface area (Å²) in [6.07, 6.45) is 1.44. The Labute approximate surface area is 143 Å². The van der Waals surface area contributed by atoms with Gasteiger partial charge in [0.1, 0.15) is 17.5 Å². The molecule has 6 nitrogen and oxygen atoms in total. The minimum atomic E-state index is -0.805. The zero-order valence-corrected chi connectivity index (χ0v) is 13.7. The summed E-state index contributed by atoms with van der Waals surface area (Å²) >= 11 is 0. The number of hydrogen-bond acceptors (Lipinski definition) is 4. The second kappa shape index (κ2) is 7.00. The summed E-state index contributed by atoms with van der Waals surface area (Å²) in [5.74, 6) is -1.55. The number of aromatic nitrogens is 2. The monoisotopic (exact) mass is 348 g/mol. The summed E-state index contributed by atoms with van der Waals surface area (Å²) in [6, 6.07) is 6.09. The molecule has 0 saturated carbocycles. The van der Waals surface area contributed by atoms with Crippen molar-refractivity contribution in [3.8, 4) is 0 Å². The third-order valence-electron chi connectivity index (χ3n) is 4.25. The molecule has 8 heteroatoms. The minimum Gasteiger partial charge on any atom is -0.354 e. The van der Waals surface area contributed by atoms with E-state index in [4.69, 9.17) is 0 Å². The van der Waals surface area contributed by atoms with Gasteiger partial charge in [-0.25, -0.2) is 13.5 Å². The zero-order valence-electron chi connectivity index (χ0n) is 13.7. The summed E-state index contributed by atoms with van der Waals surface area (Å²) in [4.78, 5) is 25.8. The number of piperidine rings is 1. The minimum absolute atomic E-state index is 0.0382. The second-order valence-corrected chi connectivity index (χ2v) is 6.05. The SMILES string of the molecule is Cn1nc(N2CCCC(C(=O)Nc3ccc(F)cc3F)C2)ccc1=O. The van der Waals surface area contributed by atoms with Gasteiger partial charge in [-0.05, 0) is 31.0 Å². The summed E-state index contributed by atoms with van der Waals surface area (Å²) in [6.45, 7) is 1.14. The van der Waals surface area contributed by atoms with Crippen LogP contribution >= 0.6 is 0 Å². The number of halogens is 2. The molecule has 1 atom stereocenters. The van der Waals surface area contributed by atoms with E-state index in [0.29, 0.717) is 18.8 Å². The van der Waals surface area contributed by atoms with Crippen LogP contribution in [0.4, 0.5) is 20.3 Å². The molecule has 132 valence electrons. The number of nitrogens with zero attached hydrogens (tertiary/aromatic N) is 3. The standard InChI is InChI=1S/C17H18F2N4O2/c1-22-16(24)7-6-15(21-22)23-8-2-3-11(10-23)17(25)20-14-5-4-12(18)9-13(14)19/h4-7,9,11H,2-3,8,10H2,1H3,(H,20,25). The van der Waals surface area contributed by atoms with Crippen molar-refractivity contribution in [2.24, 2.45) is 13.0 Å². The molecule has 1 unspecified atom stereocenters. The Balaban J connectivity index is 1.71. The number of anilines is 2. The van der Waals surface area contributed by atoms with Gasteiger partial charge >= 0.3 is 0 Å². The van der Waals surface area contributed by atoms with E-state index in [1.54, 1.807) is 13.1 Å². The van der Waals surface area contributed by atoms with Gasteiger partial charge in [0.05, 0.1) is 11.6 Å². The first-order valence-corrected chi connectivity index (χ1v) is 7.99. The molecule has 1 aromatic carbocycles. The van der Waals surface area contributed by atoms with Crippen LogP contribution in [0.1, 0.15) is 12.8 Å². The predicted octanol–water partition coefficient (Wildman–Crippen LogP) is 1.91. The van der Waals surface area contributed by atoms with Gasteiger partial charge < -0.3 is 10.2 Å². The molecule has 1 amide bonds. The Hall–Kier alpha value is -2.77. The van der Waals surface area contributed by atoms with Gasteiger partial charge in [-0.1, -0.05) is 0 Å². The quantitative estimate of drug-likeness (QED) is 0.920. The van der Waals surface area contributed by atoms with Gasteiger partial charge in [-0.3, -0.25) is 9.59 Å². The molecular formula is C17H18F2N4O2. The maximum absolute atomic E-state index is 13.7. The zero-order chi connectivity index (χ0) is 18.0. The molecule has 0 radical (unpaired) electrons. The van der Waals surface area contributed by atoms with Gasteiger partial charge in [-0.15, -0.1) is 0 Å². The first kappa shape index (κ1) is 17.1. The van der Waals surface area contributed by atoms with E-state index in [1.807, 2.05) is 4.90 Å². The second-order valence-electron chi connectivity index (χ2n) is 6.05. The van der Waals surface area contributed by atoms with Crippen LogP contribution < -0.4 is 15.8 Å². The van der Waals surface area contributed by atoms with Crippen molar-refractivity contribution in [3.63, 3.8) is 0 Å². The molecule has 2 heterocycles. The molecule has 0 spiro atoms. The lowest BCUT2D eigenvalue weighted by Gasteiger charge is -2.32. The maximum atomic E-state index is 13.7. The fourth-order valence-electron chi connectivity index (χ4n) is 2.88. The van der Waals surface area contributed by atoms with E-state index < -0.39 is 11.6 Å². The first-order chi connectivity index (χ1) is 11.9. The lowest BCUT2D eigenvalue weighted by atomic mass is 9.97. The molecule has 2 aromatic rings. The van der Waals surface area contributed by atoms with Gasteiger partial charge in [-0.2, -0.15) is 5.10 Å². The van der Waals surface area contributed by atoms with Gasteiger partial charge in [0.2, 0.25) is 5.91 Å². The maximum Gasteiger partial charge on any atom is 0.266 e. The van der Waals surface area contributed by atoms with Crippen molar-refractivity contribution in [1.29, 1.82) is 0 Å². The van der Waals surface area contributed by atoms with Crippen LogP contribution in [0, 0.1) is 17.6 Å². The van der Waals surface area contributed by atoms with Gasteiger partial charge in [0.25, 0.3) is 5.56 Å². The van der Waals surface area contributed by atoms with Crippen LogP contribution in [0.2, 0.25) is 0 Å². The lowest BCUT2D eigenvalue weighted by Crippen LogP contribution is -2.41. The normalized spacial score (nSPS) is 17.4. The fourth-order valence-corrected chi connectivity index (χ4v) is 2.88.